The number of nitrogens with zero attached hydrogens (tertiary/aromatic N) is 1. The van der Waals surface area contributed by atoms with E-state index < -0.39 is 5.97 Å². The highest BCUT2D eigenvalue weighted by Crippen LogP contribution is 2.25. The lowest BCUT2D eigenvalue weighted by Crippen LogP contribution is -2.35. The summed E-state index contributed by atoms with van der Waals surface area (Å²) in [5.74, 6) is -0.673. The Morgan fingerprint density at radius 2 is 2.11 bits per heavy atom. The third-order valence-corrected chi connectivity index (χ3v) is 4.20. The van der Waals surface area contributed by atoms with Crippen LogP contribution in [-0.4, -0.2) is 28.6 Å². The van der Waals surface area contributed by atoms with Crippen LogP contribution in [0.25, 0.3) is 0 Å². The number of hydrogen-bond acceptors (Lipinski definition) is 2. The van der Waals surface area contributed by atoms with Gasteiger partial charge in [0.1, 0.15) is 6.04 Å². The van der Waals surface area contributed by atoms with Crippen LogP contribution in [0.1, 0.15) is 36.0 Å². The van der Waals surface area contributed by atoms with Gasteiger partial charge in [-0.25, -0.2) is 0 Å². The number of rotatable bonds is 3. The summed E-state index contributed by atoms with van der Waals surface area (Å²) in [6.45, 7) is 1.69. The summed E-state index contributed by atoms with van der Waals surface area (Å²) in [4.78, 5) is 13.2. The minimum atomic E-state index is -0.673. The fourth-order valence-electron chi connectivity index (χ4n) is 3.25. The van der Waals surface area contributed by atoms with E-state index in [0.717, 1.165) is 25.9 Å². The van der Waals surface area contributed by atoms with Crippen LogP contribution in [0.4, 0.5) is 0 Å². The highest BCUT2D eigenvalue weighted by atomic mass is 16.4. The zero-order chi connectivity index (χ0) is 12.5. The SMILES string of the molecule is O=C(O)C1CCCN1Cc1ccc2c(c1)CCC2. The van der Waals surface area contributed by atoms with E-state index in [0.29, 0.717) is 0 Å². The molecular formula is C15H19NO2. The van der Waals surface area contributed by atoms with Gasteiger partial charge in [-0.3, -0.25) is 9.69 Å². The molecule has 1 aromatic rings. The molecule has 1 heterocycles. The van der Waals surface area contributed by atoms with E-state index in [1.165, 1.54) is 36.0 Å². The molecule has 2 aliphatic rings. The fourth-order valence-corrected chi connectivity index (χ4v) is 3.25. The Labute approximate surface area is 107 Å². The van der Waals surface area contributed by atoms with Crippen LogP contribution in [0.5, 0.6) is 0 Å². The van der Waals surface area contributed by atoms with Crippen LogP contribution in [0, 0.1) is 0 Å². The number of hydrogen-bond donors (Lipinski definition) is 1. The molecule has 3 heteroatoms. The van der Waals surface area contributed by atoms with Crippen molar-refractivity contribution >= 4 is 5.97 Å². The van der Waals surface area contributed by atoms with E-state index in [1.54, 1.807) is 0 Å². The summed E-state index contributed by atoms with van der Waals surface area (Å²) in [5.41, 5.74) is 4.22. The molecule has 1 N–H and O–H groups in total. The first-order valence-electron chi connectivity index (χ1n) is 6.81. The molecule has 0 saturated carbocycles. The van der Waals surface area contributed by atoms with Crippen molar-refractivity contribution < 1.29 is 9.90 Å². The Morgan fingerprint density at radius 3 is 2.94 bits per heavy atom. The number of carboxylic acid groups (broad SMARTS) is 1. The Morgan fingerprint density at radius 1 is 1.28 bits per heavy atom. The Balaban J connectivity index is 1.74. The molecule has 1 fully saturated rings. The van der Waals surface area contributed by atoms with Gasteiger partial charge in [-0.1, -0.05) is 18.2 Å². The number of fused-ring (bicyclic) bond motifs is 1. The highest BCUT2D eigenvalue weighted by Gasteiger charge is 2.30. The predicted octanol–water partition coefficient (Wildman–Crippen LogP) is 2.22. The Bertz CT molecular complexity index is 470. The van der Waals surface area contributed by atoms with Crippen LogP contribution in [-0.2, 0) is 24.2 Å². The van der Waals surface area contributed by atoms with Crippen molar-refractivity contribution in [2.75, 3.05) is 6.54 Å². The van der Waals surface area contributed by atoms with Crippen LogP contribution >= 0.6 is 0 Å². The molecule has 1 atom stereocenters. The Kier molecular flexibility index (Phi) is 3.08. The molecule has 1 aliphatic heterocycles. The molecule has 1 aromatic carbocycles. The first-order chi connectivity index (χ1) is 8.74. The second-order valence-corrected chi connectivity index (χ2v) is 5.42. The number of aliphatic carboxylic acids is 1. The molecule has 1 saturated heterocycles. The van der Waals surface area contributed by atoms with Crippen molar-refractivity contribution in [1.29, 1.82) is 0 Å². The average molecular weight is 245 g/mol. The normalized spacial score (nSPS) is 23.2. The van der Waals surface area contributed by atoms with Crippen molar-refractivity contribution in [1.82, 2.24) is 4.90 Å². The van der Waals surface area contributed by atoms with E-state index in [2.05, 4.69) is 23.1 Å². The zero-order valence-corrected chi connectivity index (χ0v) is 10.6. The molecule has 96 valence electrons. The molecule has 0 spiro atoms. The van der Waals surface area contributed by atoms with Crippen molar-refractivity contribution in [2.45, 2.75) is 44.7 Å². The summed E-state index contributed by atoms with van der Waals surface area (Å²) < 4.78 is 0. The van der Waals surface area contributed by atoms with Crippen molar-refractivity contribution in [3.63, 3.8) is 0 Å². The third kappa shape index (κ3) is 2.15. The lowest BCUT2D eigenvalue weighted by molar-refractivity contribution is -0.142. The van der Waals surface area contributed by atoms with Gasteiger partial charge in [-0.15, -0.1) is 0 Å². The number of aryl methyl sites for hydroxylation is 2. The largest absolute Gasteiger partial charge is 0.480 e. The van der Waals surface area contributed by atoms with Crippen molar-refractivity contribution in [3.8, 4) is 0 Å². The maximum atomic E-state index is 11.1. The van der Waals surface area contributed by atoms with Crippen LogP contribution < -0.4 is 0 Å². The number of likely N-dealkylation sites (tertiary alicyclic amines) is 1. The molecule has 1 aliphatic carbocycles. The second kappa shape index (κ2) is 4.73. The van der Waals surface area contributed by atoms with Crippen molar-refractivity contribution in [3.05, 3.63) is 34.9 Å². The summed E-state index contributed by atoms with van der Waals surface area (Å²) in [5, 5.41) is 9.17. The second-order valence-electron chi connectivity index (χ2n) is 5.42. The van der Waals surface area contributed by atoms with Gasteiger partial charge >= 0.3 is 5.97 Å². The van der Waals surface area contributed by atoms with Gasteiger partial charge in [0.25, 0.3) is 0 Å². The third-order valence-electron chi connectivity index (χ3n) is 4.20. The first-order valence-corrected chi connectivity index (χ1v) is 6.81. The zero-order valence-electron chi connectivity index (χ0n) is 10.6. The lowest BCUT2D eigenvalue weighted by atomic mass is 10.1. The number of carbonyl (C=O) groups is 1. The van der Waals surface area contributed by atoms with Crippen LogP contribution in [0.15, 0.2) is 18.2 Å². The summed E-state index contributed by atoms with van der Waals surface area (Å²) in [7, 11) is 0. The van der Waals surface area contributed by atoms with Gasteiger partial charge in [-0.2, -0.15) is 0 Å². The maximum Gasteiger partial charge on any atom is 0.320 e. The predicted molar refractivity (Wildman–Crippen MR) is 69.5 cm³/mol. The minimum Gasteiger partial charge on any atom is -0.480 e. The van der Waals surface area contributed by atoms with Crippen LogP contribution in [0.2, 0.25) is 0 Å². The van der Waals surface area contributed by atoms with Gasteiger partial charge in [0.15, 0.2) is 0 Å². The average Bonchev–Trinajstić information content (AvgIpc) is 2.96. The van der Waals surface area contributed by atoms with Crippen LogP contribution in [0.3, 0.4) is 0 Å². The smallest absolute Gasteiger partial charge is 0.320 e. The summed E-state index contributed by atoms with van der Waals surface area (Å²) in [6, 6.07) is 6.39. The molecule has 0 bridgehead atoms. The van der Waals surface area contributed by atoms with E-state index >= 15 is 0 Å². The van der Waals surface area contributed by atoms with E-state index in [1.807, 2.05) is 0 Å². The van der Waals surface area contributed by atoms with E-state index in [-0.39, 0.29) is 6.04 Å². The fraction of sp³-hybridized carbons (Fsp3) is 0.533. The summed E-state index contributed by atoms with van der Waals surface area (Å²) >= 11 is 0. The molecule has 3 nitrogen and oxygen atoms in total. The van der Waals surface area contributed by atoms with Gasteiger partial charge in [0.2, 0.25) is 0 Å². The maximum absolute atomic E-state index is 11.1. The first kappa shape index (κ1) is 11.7. The molecule has 18 heavy (non-hydrogen) atoms. The van der Waals surface area contributed by atoms with E-state index in [4.69, 9.17) is 0 Å². The quantitative estimate of drug-likeness (QED) is 0.887. The number of benzene rings is 1. The standard InChI is InChI=1S/C15H19NO2/c17-15(18)14-5-2-8-16(14)10-11-6-7-12-3-1-4-13(12)9-11/h6-7,9,14H,1-5,8,10H2,(H,17,18). The molecule has 0 aromatic heterocycles. The monoisotopic (exact) mass is 245 g/mol. The van der Waals surface area contributed by atoms with Gasteiger partial charge in [0, 0.05) is 6.54 Å². The molecular weight excluding hydrogens is 226 g/mol. The summed E-state index contributed by atoms with van der Waals surface area (Å²) in [6.07, 6.45) is 5.45. The molecule has 3 rings (SSSR count). The minimum absolute atomic E-state index is 0.279. The van der Waals surface area contributed by atoms with Gasteiger partial charge < -0.3 is 5.11 Å². The van der Waals surface area contributed by atoms with E-state index in [9.17, 15) is 9.90 Å². The van der Waals surface area contributed by atoms with Gasteiger partial charge in [0.05, 0.1) is 0 Å². The topological polar surface area (TPSA) is 40.5 Å². The number of carboxylic acids is 1. The van der Waals surface area contributed by atoms with Crippen molar-refractivity contribution in [2.24, 2.45) is 0 Å². The molecule has 0 radical (unpaired) electrons. The lowest BCUT2D eigenvalue weighted by Gasteiger charge is -2.21. The highest BCUT2D eigenvalue weighted by molar-refractivity contribution is 5.73. The van der Waals surface area contributed by atoms with Gasteiger partial charge in [-0.05, 0) is 55.3 Å². The molecule has 1 unspecified atom stereocenters. The Hall–Kier alpha value is -1.35. The molecule has 0 amide bonds.